The van der Waals surface area contributed by atoms with Gasteiger partial charge >= 0.3 is 0 Å². The summed E-state index contributed by atoms with van der Waals surface area (Å²) >= 11 is 0. The predicted octanol–water partition coefficient (Wildman–Crippen LogP) is 1.75. The molecule has 1 aromatic heterocycles. The zero-order valence-corrected chi connectivity index (χ0v) is 12.3. The number of carbonyl (C=O) groups is 1. The number of rotatable bonds is 3. The molecule has 0 aliphatic carbocycles. The van der Waals surface area contributed by atoms with Gasteiger partial charge in [0.2, 0.25) is 0 Å². The summed E-state index contributed by atoms with van der Waals surface area (Å²) in [7, 11) is 3.35. The zero-order chi connectivity index (χ0) is 14.9. The van der Waals surface area contributed by atoms with Crippen LogP contribution in [0.1, 0.15) is 24.3 Å². The van der Waals surface area contributed by atoms with E-state index in [1.807, 2.05) is 19.9 Å². The van der Waals surface area contributed by atoms with Crippen molar-refractivity contribution >= 4 is 16.7 Å². The minimum atomic E-state index is -0.196. The second-order valence-corrected chi connectivity index (χ2v) is 5.47. The van der Waals surface area contributed by atoms with Crippen LogP contribution in [0.4, 0.5) is 0 Å². The molecule has 0 aliphatic rings. The SMILES string of the molecule is CC(C)Cn1nc(C(=O)N(C)C)c2ccccc2c1=O. The van der Waals surface area contributed by atoms with Gasteiger partial charge in [0.15, 0.2) is 5.69 Å². The summed E-state index contributed by atoms with van der Waals surface area (Å²) in [5.41, 5.74) is 0.176. The van der Waals surface area contributed by atoms with E-state index in [4.69, 9.17) is 0 Å². The van der Waals surface area contributed by atoms with Crippen molar-refractivity contribution in [3.8, 4) is 0 Å². The third-order valence-electron chi connectivity index (χ3n) is 3.01. The van der Waals surface area contributed by atoms with E-state index >= 15 is 0 Å². The van der Waals surface area contributed by atoms with Crippen LogP contribution < -0.4 is 5.56 Å². The van der Waals surface area contributed by atoms with Crippen molar-refractivity contribution in [2.75, 3.05) is 14.1 Å². The van der Waals surface area contributed by atoms with Crippen LogP contribution in [0.15, 0.2) is 29.1 Å². The number of hydrogen-bond acceptors (Lipinski definition) is 3. The quantitative estimate of drug-likeness (QED) is 0.856. The van der Waals surface area contributed by atoms with E-state index in [2.05, 4.69) is 5.10 Å². The molecule has 0 atom stereocenters. The van der Waals surface area contributed by atoms with E-state index in [-0.39, 0.29) is 17.4 Å². The number of hydrogen-bond donors (Lipinski definition) is 0. The first kappa shape index (κ1) is 14.2. The Morgan fingerprint density at radius 2 is 1.85 bits per heavy atom. The summed E-state index contributed by atoms with van der Waals surface area (Å²) < 4.78 is 1.39. The zero-order valence-electron chi connectivity index (χ0n) is 12.3. The van der Waals surface area contributed by atoms with Crippen LogP contribution in [0.5, 0.6) is 0 Å². The van der Waals surface area contributed by atoms with Gasteiger partial charge in [-0.25, -0.2) is 4.68 Å². The van der Waals surface area contributed by atoms with Gasteiger partial charge in [-0.3, -0.25) is 9.59 Å². The van der Waals surface area contributed by atoms with Crippen LogP contribution in [0, 0.1) is 5.92 Å². The topological polar surface area (TPSA) is 55.2 Å². The molecule has 0 aliphatic heterocycles. The van der Waals surface area contributed by atoms with Gasteiger partial charge in [0.25, 0.3) is 11.5 Å². The maximum atomic E-state index is 12.4. The molecule has 106 valence electrons. The van der Waals surface area contributed by atoms with Crippen LogP contribution in [-0.4, -0.2) is 34.7 Å². The van der Waals surface area contributed by atoms with Crippen LogP contribution in [0.25, 0.3) is 10.8 Å². The number of nitrogens with zero attached hydrogens (tertiary/aromatic N) is 3. The predicted molar refractivity (Wildman–Crippen MR) is 78.9 cm³/mol. The van der Waals surface area contributed by atoms with Crippen molar-refractivity contribution in [3.05, 3.63) is 40.3 Å². The van der Waals surface area contributed by atoms with Gasteiger partial charge < -0.3 is 4.90 Å². The maximum Gasteiger partial charge on any atom is 0.274 e. The van der Waals surface area contributed by atoms with E-state index < -0.39 is 0 Å². The Labute approximate surface area is 117 Å². The average molecular weight is 273 g/mol. The highest BCUT2D eigenvalue weighted by Gasteiger charge is 2.18. The maximum absolute atomic E-state index is 12.4. The van der Waals surface area contributed by atoms with E-state index in [1.54, 1.807) is 32.3 Å². The molecule has 0 bridgehead atoms. The van der Waals surface area contributed by atoms with Gasteiger partial charge in [0, 0.05) is 26.0 Å². The minimum Gasteiger partial charge on any atom is -0.343 e. The minimum absolute atomic E-state index is 0.149. The molecule has 0 unspecified atom stereocenters. The second-order valence-electron chi connectivity index (χ2n) is 5.47. The first-order valence-corrected chi connectivity index (χ1v) is 6.63. The Morgan fingerprint density at radius 1 is 1.25 bits per heavy atom. The molecule has 0 radical (unpaired) electrons. The van der Waals surface area contributed by atoms with Gasteiger partial charge in [0.05, 0.1) is 5.39 Å². The van der Waals surface area contributed by atoms with Crippen molar-refractivity contribution in [3.63, 3.8) is 0 Å². The molecule has 1 aromatic carbocycles. The number of amides is 1. The van der Waals surface area contributed by atoms with E-state index in [0.29, 0.717) is 23.0 Å². The lowest BCUT2D eigenvalue weighted by Gasteiger charge is -2.14. The Hall–Kier alpha value is -2.17. The highest BCUT2D eigenvalue weighted by atomic mass is 16.2. The molecule has 5 nitrogen and oxygen atoms in total. The van der Waals surface area contributed by atoms with Gasteiger partial charge in [-0.1, -0.05) is 32.0 Å². The van der Waals surface area contributed by atoms with Crippen molar-refractivity contribution in [2.24, 2.45) is 5.92 Å². The average Bonchev–Trinajstić information content (AvgIpc) is 2.40. The van der Waals surface area contributed by atoms with Crippen LogP contribution in [0.3, 0.4) is 0 Å². The van der Waals surface area contributed by atoms with Gasteiger partial charge in [-0.2, -0.15) is 5.10 Å². The fourth-order valence-electron chi connectivity index (χ4n) is 2.07. The van der Waals surface area contributed by atoms with Gasteiger partial charge in [0.1, 0.15) is 0 Å². The second kappa shape index (κ2) is 5.45. The van der Waals surface area contributed by atoms with Crippen molar-refractivity contribution in [2.45, 2.75) is 20.4 Å². The van der Waals surface area contributed by atoms with E-state index in [9.17, 15) is 9.59 Å². The Morgan fingerprint density at radius 3 is 2.40 bits per heavy atom. The smallest absolute Gasteiger partial charge is 0.274 e. The molecule has 2 rings (SSSR count). The molecule has 1 amide bonds. The summed E-state index contributed by atoms with van der Waals surface area (Å²) in [5.74, 6) is 0.0855. The fourth-order valence-corrected chi connectivity index (χ4v) is 2.07. The van der Waals surface area contributed by atoms with E-state index in [1.165, 1.54) is 9.58 Å². The largest absolute Gasteiger partial charge is 0.343 e. The number of aromatic nitrogens is 2. The number of carbonyl (C=O) groups excluding carboxylic acids is 1. The molecule has 2 aromatic rings. The summed E-state index contributed by atoms with van der Waals surface area (Å²) in [6.07, 6.45) is 0. The first-order valence-electron chi connectivity index (χ1n) is 6.63. The van der Waals surface area contributed by atoms with Crippen LogP contribution in [-0.2, 0) is 6.54 Å². The Balaban J connectivity index is 2.76. The molecule has 1 heterocycles. The summed E-state index contributed by atoms with van der Waals surface area (Å²) in [5, 5.41) is 5.42. The Bertz CT molecular complexity index is 702. The summed E-state index contributed by atoms with van der Waals surface area (Å²) in [6, 6.07) is 7.11. The van der Waals surface area contributed by atoms with Crippen LogP contribution >= 0.6 is 0 Å². The monoisotopic (exact) mass is 273 g/mol. The highest BCUT2D eigenvalue weighted by Crippen LogP contribution is 2.14. The molecule has 20 heavy (non-hydrogen) atoms. The molecule has 0 saturated carbocycles. The molecule has 0 fully saturated rings. The molecular weight excluding hydrogens is 254 g/mol. The normalized spacial score (nSPS) is 11.1. The number of fused-ring (bicyclic) bond motifs is 1. The molecule has 5 heteroatoms. The first-order chi connectivity index (χ1) is 9.41. The fraction of sp³-hybridized carbons (Fsp3) is 0.400. The molecular formula is C15H19N3O2. The van der Waals surface area contributed by atoms with Gasteiger partial charge in [-0.15, -0.1) is 0 Å². The van der Waals surface area contributed by atoms with E-state index in [0.717, 1.165) is 0 Å². The van der Waals surface area contributed by atoms with Crippen molar-refractivity contribution in [1.82, 2.24) is 14.7 Å². The standard InChI is InChI=1S/C15H19N3O2/c1-10(2)9-18-14(19)12-8-6-5-7-11(12)13(16-18)15(20)17(3)4/h5-8,10H,9H2,1-4H3. The summed E-state index contributed by atoms with van der Waals surface area (Å²) in [6.45, 7) is 4.52. The third-order valence-corrected chi connectivity index (χ3v) is 3.01. The third kappa shape index (κ3) is 2.57. The lowest BCUT2D eigenvalue weighted by atomic mass is 10.1. The number of benzene rings is 1. The van der Waals surface area contributed by atoms with Crippen LogP contribution in [0.2, 0.25) is 0 Å². The Kier molecular flexibility index (Phi) is 3.88. The van der Waals surface area contributed by atoms with Crippen molar-refractivity contribution < 1.29 is 4.79 Å². The molecule has 0 saturated heterocycles. The molecule has 0 spiro atoms. The highest BCUT2D eigenvalue weighted by molar-refractivity contribution is 6.04. The lowest BCUT2D eigenvalue weighted by Crippen LogP contribution is -2.31. The molecule has 0 N–H and O–H groups in total. The lowest BCUT2D eigenvalue weighted by molar-refractivity contribution is 0.0821. The summed E-state index contributed by atoms with van der Waals surface area (Å²) in [4.78, 5) is 26.1. The van der Waals surface area contributed by atoms with Crippen molar-refractivity contribution in [1.29, 1.82) is 0 Å². The van der Waals surface area contributed by atoms with Gasteiger partial charge in [-0.05, 0) is 12.0 Å².